The smallest absolute Gasteiger partial charge is 0.374 e. The van der Waals surface area contributed by atoms with E-state index >= 15 is 0 Å². The van der Waals surface area contributed by atoms with Gasteiger partial charge in [0.1, 0.15) is 19.0 Å². The first-order chi connectivity index (χ1) is 7.74. The molecule has 1 aromatic carbocycles. The van der Waals surface area contributed by atoms with Crippen LogP contribution in [0.5, 0.6) is 5.75 Å². The summed E-state index contributed by atoms with van der Waals surface area (Å²) in [5.74, 6) is -0.598. The first-order valence-corrected chi connectivity index (χ1v) is 5.12. The van der Waals surface area contributed by atoms with Crippen LogP contribution in [-0.4, -0.2) is 25.0 Å². The highest BCUT2D eigenvalue weighted by atomic mass is 16.6. The number of ether oxygens (including phenoxy) is 2. The Morgan fingerprint density at radius 1 is 1.12 bits per heavy atom. The van der Waals surface area contributed by atoms with E-state index in [9.17, 15) is 9.59 Å². The summed E-state index contributed by atoms with van der Waals surface area (Å²) in [5.41, 5.74) is 0. The number of carbonyl (C=O) groups excluding carboxylic acids is 2. The monoisotopic (exact) mass is 222 g/mol. The van der Waals surface area contributed by atoms with Crippen LogP contribution in [0.1, 0.15) is 13.3 Å². The average Bonchev–Trinajstić information content (AvgIpc) is 2.34. The molecule has 0 fully saturated rings. The first-order valence-electron chi connectivity index (χ1n) is 5.12. The Labute approximate surface area is 94.2 Å². The highest BCUT2D eigenvalue weighted by Crippen LogP contribution is 2.07. The Kier molecular flexibility index (Phi) is 5.05. The van der Waals surface area contributed by atoms with E-state index in [1.807, 2.05) is 18.2 Å². The molecule has 0 spiro atoms. The van der Waals surface area contributed by atoms with Gasteiger partial charge in [-0.05, 0) is 12.1 Å². The van der Waals surface area contributed by atoms with Gasteiger partial charge in [0.05, 0.1) is 0 Å². The third-order valence-electron chi connectivity index (χ3n) is 1.88. The van der Waals surface area contributed by atoms with Crippen molar-refractivity contribution in [1.29, 1.82) is 0 Å². The summed E-state index contributed by atoms with van der Waals surface area (Å²) in [4.78, 5) is 21.8. The lowest BCUT2D eigenvalue weighted by Crippen LogP contribution is -2.19. The number of para-hydroxylation sites is 1. The summed E-state index contributed by atoms with van der Waals surface area (Å²) in [6.45, 7) is 1.94. The zero-order valence-corrected chi connectivity index (χ0v) is 9.14. The molecule has 0 atom stereocenters. The van der Waals surface area contributed by atoms with Crippen LogP contribution < -0.4 is 4.74 Å². The van der Waals surface area contributed by atoms with Gasteiger partial charge in [-0.25, -0.2) is 4.79 Å². The van der Waals surface area contributed by atoms with Crippen LogP contribution in [0.25, 0.3) is 0 Å². The van der Waals surface area contributed by atoms with Crippen LogP contribution in [0.3, 0.4) is 0 Å². The number of ketones is 1. The van der Waals surface area contributed by atoms with Crippen molar-refractivity contribution in [2.24, 2.45) is 0 Å². The second-order valence-electron chi connectivity index (χ2n) is 3.07. The van der Waals surface area contributed by atoms with Crippen molar-refractivity contribution in [3.05, 3.63) is 30.3 Å². The Morgan fingerprint density at radius 2 is 1.81 bits per heavy atom. The molecule has 16 heavy (non-hydrogen) atoms. The summed E-state index contributed by atoms with van der Waals surface area (Å²) in [5, 5.41) is 0. The van der Waals surface area contributed by atoms with Crippen LogP contribution >= 0.6 is 0 Å². The summed E-state index contributed by atoms with van der Waals surface area (Å²) in [7, 11) is 0. The predicted molar refractivity (Wildman–Crippen MR) is 58.2 cm³/mol. The molecule has 0 aliphatic carbocycles. The van der Waals surface area contributed by atoms with Gasteiger partial charge >= 0.3 is 5.97 Å². The van der Waals surface area contributed by atoms with Crippen molar-refractivity contribution >= 4 is 11.8 Å². The molecule has 1 aromatic rings. The summed E-state index contributed by atoms with van der Waals surface area (Å²) >= 11 is 0. The van der Waals surface area contributed by atoms with E-state index in [1.54, 1.807) is 19.1 Å². The molecule has 0 amide bonds. The summed E-state index contributed by atoms with van der Waals surface area (Å²) in [6.07, 6.45) is 0.165. The van der Waals surface area contributed by atoms with E-state index < -0.39 is 11.8 Å². The van der Waals surface area contributed by atoms with Gasteiger partial charge in [0.2, 0.25) is 5.78 Å². The standard InChI is InChI=1S/C12H14O4/c1-2-11(13)12(14)16-9-8-15-10-6-4-3-5-7-10/h3-7H,2,8-9H2,1H3. The second kappa shape index (κ2) is 6.61. The van der Waals surface area contributed by atoms with Gasteiger partial charge in [0, 0.05) is 6.42 Å². The number of benzene rings is 1. The number of carbonyl (C=O) groups is 2. The molecule has 0 unspecified atom stereocenters. The number of hydrogen-bond acceptors (Lipinski definition) is 4. The van der Waals surface area contributed by atoms with Gasteiger partial charge in [-0.15, -0.1) is 0 Å². The minimum Gasteiger partial charge on any atom is -0.490 e. The third-order valence-corrected chi connectivity index (χ3v) is 1.88. The van der Waals surface area contributed by atoms with E-state index in [-0.39, 0.29) is 19.6 Å². The Balaban J connectivity index is 2.17. The van der Waals surface area contributed by atoms with Gasteiger partial charge in [-0.2, -0.15) is 0 Å². The molecule has 0 radical (unpaired) electrons. The Hall–Kier alpha value is -1.84. The molecule has 86 valence electrons. The van der Waals surface area contributed by atoms with Crippen LogP contribution in [0, 0.1) is 0 Å². The van der Waals surface area contributed by atoms with Crippen LogP contribution in [0.2, 0.25) is 0 Å². The van der Waals surface area contributed by atoms with Crippen molar-refractivity contribution < 1.29 is 19.1 Å². The van der Waals surface area contributed by atoms with Crippen molar-refractivity contribution in [3.8, 4) is 5.75 Å². The van der Waals surface area contributed by atoms with Crippen molar-refractivity contribution in [1.82, 2.24) is 0 Å². The van der Waals surface area contributed by atoms with Crippen molar-refractivity contribution in [3.63, 3.8) is 0 Å². The molecular weight excluding hydrogens is 208 g/mol. The topological polar surface area (TPSA) is 52.6 Å². The number of Topliss-reactive ketones (excluding diaryl/α,β-unsaturated/α-hetero) is 1. The van der Waals surface area contributed by atoms with Crippen LogP contribution in [-0.2, 0) is 14.3 Å². The molecule has 0 bridgehead atoms. The van der Waals surface area contributed by atoms with Crippen molar-refractivity contribution in [2.45, 2.75) is 13.3 Å². The third kappa shape index (κ3) is 4.13. The quantitative estimate of drug-likeness (QED) is 0.416. The SMILES string of the molecule is CCC(=O)C(=O)OCCOc1ccccc1. The zero-order valence-electron chi connectivity index (χ0n) is 9.14. The fourth-order valence-corrected chi connectivity index (χ4v) is 1.04. The minimum absolute atomic E-state index is 0.0828. The maximum atomic E-state index is 11.0. The summed E-state index contributed by atoms with van der Waals surface area (Å²) < 4.78 is 9.98. The van der Waals surface area contributed by atoms with E-state index in [1.165, 1.54) is 0 Å². The molecule has 0 aliphatic heterocycles. The first kappa shape index (κ1) is 12.2. The molecule has 0 aliphatic rings. The van der Waals surface area contributed by atoms with E-state index in [2.05, 4.69) is 0 Å². The molecule has 1 rings (SSSR count). The molecule has 0 saturated heterocycles. The van der Waals surface area contributed by atoms with Gasteiger partial charge in [0.25, 0.3) is 0 Å². The van der Waals surface area contributed by atoms with Gasteiger partial charge < -0.3 is 9.47 Å². The van der Waals surface area contributed by atoms with E-state index in [0.29, 0.717) is 5.75 Å². The Morgan fingerprint density at radius 3 is 2.44 bits per heavy atom. The average molecular weight is 222 g/mol. The number of hydrogen-bond donors (Lipinski definition) is 0. The lowest BCUT2D eigenvalue weighted by molar-refractivity contribution is -0.154. The molecule has 4 heteroatoms. The van der Waals surface area contributed by atoms with E-state index in [4.69, 9.17) is 9.47 Å². The molecule has 0 saturated carbocycles. The zero-order chi connectivity index (χ0) is 11.8. The normalized spacial score (nSPS) is 9.56. The lowest BCUT2D eigenvalue weighted by atomic mass is 10.3. The van der Waals surface area contributed by atoms with Crippen LogP contribution in [0.4, 0.5) is 0 Å². The fourth-order valence-electron chi connectivity index (χ4n) is 1.04. The minimum atomic E-state index is -0.792. The molecule has 0 N–H and O–H groups in total. The Bertz CT molecular complexity index is 345. The highest BCUT2D eigenvalue weighted by molar-refractivity contribution is 6.33. The maximum Gasteiger partial charge on any atom is 0.374 e. The molecule has 4 nitrogen and oxygen atoms in total. The molecule has 0 aromatic heterocycles. The van der Waals surface area contributed by atoms with Gasteiger partial charge in [-0.3, -0.25) is 4.79 Å². The maximum absolute atomic E-state index is 11.0. The molecule has 0 heterocycles. The number of esters is 1. The fraction of sp³-hybridized carbons (Fsp3) is 0.333. The predicted octanol–water partition coefficient (Wildman–Crippen LogP) is 1.59. The van der Waals surface area contributed by atoms with E-state index in [0.717, 1.165) is 0 Å². The van der Waals surface area contributed by atoms with Crippen molar-refractivity contribution in [2.75, 3.05) is 13.2 Å². The lowest BCUT2D eigenvalue weighted by Gasteiger charge is -2.06. The highest BCUT2D eigenvalue weighted by Gasteiger charge is 2.11. The van der Waals surface area contributed by atoms with Gasteiger partial charge in [0.15, 0.2) is 0 Å². The largest absolute Gasteiger partial charge is 0.490 e. The molecular formula is C12H14O4. The second-order valence-corrected chi connectivity index (χ2v) is 3.07. The van der Waals surface area contributed by atoms with Gasteiger partial charge in [-0.1, -0.05) is 25.1 Å². The number of rotatable bonds is 6. The summed E-state index contributed by atoms with van der Waals surface area (Å²) in [6, 6.07) is 9.19. The van der Waals surface area contributed by atoms with Crippen LogP contribution in [0.15, 0.2) is 30.3 Å².